The summed E-state index contributed by atoms with van der Waals surface area (Å²) in [6.07, 6.45) is 1.27. The van der Waals surface area contributed by atoms with E-state index in [4.69, 9.17) is 14.2 Å². The molecule has 0 fully saturated rings. The van der Waals surface area contributed by atoms with E-state index in [9.17, 15) is 9.59 Å². The van der Waals surface area contributed by atoms with Crippen molar-refractivity contribution >= 4 is 29.2 Å². The summed E-state index contributed by atoms with van der Waals surface area (Å²) in [5.74, 6) is -1.09. The van der Waals surface area contributed by atoms with Crippen LogP contribution in [0.3, 0.4) is 0 Å². The highest BCUT2D eigenvalue weighted by Gasteiger charge is 2.34. The summed E-state index contributed by atoms with van der Waals surface area (Å²) in [5, 5.41) is 0. The van der Waals surface area contributed by atoms with Gasteiger partial charge >= 0.3 is 11.9 Å². The van der Waals surface area contributed by atoms with Crippen LogP contribution < -0.4 is 0 Å². The maximum atomic E-state index is 12.5. The molecule has 7 heteroatoms. The topological polar surface area (TPSA) is 74.2 Å². The molecular weight excluding hydrogens is 366 g/mol. The summed E-state index contributed by atoms with van der Waals surface area (Å²) in [6, 6.07) is 17.0. The molecular formula is C20H13NO5S. The average molecular weight is 379 g/mol. The predicted octanol–water partition coefficient (Wildman–Crippen LogP) is 3.88. The minimum atomic E-state index is -0.590. The molecule has 4 rings (SSSR count). The number of thioether (sulfide) groups is 1. The zero-order valence-corrected chi connectivity index (χ0v) is 14.7. The number of hydrogen-bond donors (Lipinski definition) is 0. The van der Waals surface area contributed by atoms with Gasteiger partial charge in [0.1, 0.15) is 12.0 Å². The second kappa shape index (κ2) is 7.51. The summed E-state index contributed by atoms with van der Waals surface area (Å²) in [5.41, 5.74) is 2.28. The molecule has 134 valence electrons. The molecule has 2 aliphatic heterocycles. The second-order valence-corrected chi connectivity index (χ2v) is 6.46. The van der Waals surface area contributed by atoms with Crippen molar-refractivity contribution in [2.45, 2.75) is 5.44 Å². The Labute approximate surface area is 159 Å². The molecule has 6 nitrogen and oxygen atoms in total. The number of esters is 2. The Morgan fingerprint density at radius 2 is 1.48 bits per heavy atom. The van der Waals surface area contributed by atoms with E-state index in [2.05, 4.69) is 4.99 Å². The Morgan fingerprint density at radius 3 is 2.11 bits per heavy atom. The van der Waals surface area contributed by atoms with Crippen LogP contribution in [-0.4, -0.2) is 22.9 Å². The molecule has 0 amide bonds. The lowest BCUT2D eigenvalue weighted by molar-refractivity contribution is 0.0474. The van der Waals surface area contributed by atoms with Crippen molar-refractivity contribution in [1.29, 1.82) is 0 Å². The van der Waals surface area contributed by atoms with E-state index in [-0.39, 0.29) is 11.5 Å². The number of rotatable bonds is 4. The Bertz CT molecular complexity index is 966. The summed E-state index contributed by atoms with van der Waals surface area (Å²) in [4.78, 5) is 29.1. The van der Waals surface area contributed by atoms with Crippen LogP contribution in [0.1, 0.15) is 20.7 Å². The first-order valence-corrected chi connectivity index (χ1v) is 8.99. The zero-order chi connectivity index (χ0) is 18.6. The van der Waals surface area contributed by atoms with Gasteiger partial charge in [0.2, 0.25) is 11.5 Å². The van der Waals surface area contributed by atoms with Crippen molar-refractivity contribution in [3.63, 3.8) is 0 Å². The smallest absolute Gasteiger partial charge is 0.343 e. The first-order chi connectivity index (χ1) is 13.2. The van der Waals surface area contributed by atoms with Gasteiger partial charge in [-0.25, -0.2) is 14.6 Å². The van der Waals surface area contributed by atoms with Gasteiger partial charge in [0.05, 0.1) is 16.7 Å². The zero-order valence-electron chi connectivity index (χ0n) is 13.9. The Balaban J connectivity index is 1.60. The Hall–Kier alpha value is -3.32. The first-order valence-electron chi connectivity index (χ1n) is 8.05. The van der Waals surface area contributed by atoms with Crippen LogP contribution in [0.2, 0.25) is 0 Å². The maximum Gasteiger partial charge on any atom is 0.343 e. The summed E-state index contributed by atoms with van der Waals surface area (Å²) >= 11 is 1.32. The van der Waals surface area contributed by atoms with E-state index in [0.717, 1.165) is 0 Å². The van der Waals surface area contributed by atoms with E-state index >= 15 is 0 Å². The van der Waals surface area contributed by atoms with Crippen molar-refractivity contribution in [2.24, 2.45) is 4.99 Å². The van der Waals surface area contributed by atoms with E-state index < -0.39 is 17.4 Å². The summed E-state index contributed by atoms with van der Waals surface area (Å²) in [6.45, 7) is 0. The van der Waals surface area contributed by atoms with Gasteiger partial charge in [0.25, 0.3) is 0 Å². The number of aliphatic imine (C=N–C) groups is 1. The van der Waals surface area contributed by atoms with E-state index in [1.165, 1.54) is 18.0 Å². The van der Waals surface area contributed by atoms with Gasteiger partial charge < -0.3 is 14.2 Å². The molecule has 0 radical (unpaired) electrons. The van der Waals surface area contributed by atoms with Crippen molar-refractivity contribution < 1.29 is 23.8 Å². The molecule has 0 aromatic heterocycles. The minimum Gasteiger partial charge on any atom is -0.476 e. The van der Waals surface area contributed by atoms with Crippen molar-refractivity contribution in [3.05, 3.63) is 95.3 Å². The molecule has 2 aromatic rings. The standard InChI is InChI=1S/C20H13NO5S/c22-18(13-7-3-1-4-8-13)25-15-11-24-20-16(21-12-27-20)17(15)26-19(23)14-9-5-2-6-10-14/h1-12,20H. The quantitative estimate of drug-likeness (QED) is 0.751. The SMILES string of the molecule is O=C(OC1=COC2SC=NC2=C1OC(=O)c1ccccc1)c1ccccc1. The number of ether oxygens (including phenoxy) is 3. The second-order valence-electron chi connectivity index (χ2n) is 5.55. The van der Waals surface area contributed by atoms with Gasteiger partial charge in [-0.1, -0.05) is 48.2 Å². The molecule has 27 heavy (non-hydrogen) atoms. The van der Waals surface area contributed by atoms with Crippen LogP contribution in [0.4, 0.5) is 0 Å². The predicted molar refractivity (Wildman–Crippen MR) is 99.8 cm³/mol. The van der Waals surface area contributed by atoms with Crippen molar-refractivity contribution in [3.8, 4) is 0 Å². The van der Waals surface area contributed by atoms with Crippen LogP contribution in [-0.2, 0) is 14.2 Å². The number of hydrogen-bond acceptors (Lipinski definition) is 7. The van der Waals surface area contributed by atoms with Gasteiger partial charge in [0, 0.05) is 0 Å². The number of carbonyl (C=O) groups is 2. The lowest BCUT2D eigenvalue weighted by atomic mass is 10.2. The monoisotopic (exact) mass is 379 g/mol. The molecule has 1 atom stereocenters. The molecule has 0 saturated heterocycles. The minimum absolute atomic E-state index is 0.000894. The highest BCUT2D eigenvalue weighted by Crippen LogP contribution is 2.37. The molecule has 0 spiro atoms. The number of nitrogens with zero attached hydrogens (tertiary/aromatic N) is 1. The van der Waals surface area contributed by atoms with E-state index in [1.807, 2.05) is 0 Å². The van der Waals surface area contributed by atoms with Crippen LogP contribution in [0.25, 0.3) is 0 Å². The van der Waals surface area contributed by atoms with Gasteiger partial charge in [0.15, 0.2) is 5.44 Å². The van der Waals surface area contributed by atoms with Crippen LogP contribution in [0.5, 0.6) is 0 Å². The number of benzene rings is 2. The molecule has 2 aromatic carbocycles. The molecule has 0 aliphatic carbocycles. The molecule has 0 N–H and O–H groups in total. The van der Waals surface area contributed by atoms with Gasteiger partial charge in [-0.05, 0) is 24.3 Å². The molecule has 0 bridgehead atoms. The van der Waals surface area contributed by atoms with Crippen molar-refractivity contribution in [1.82, 2.24) is 0 Å². The highest BCUT2D eigenvalue weighted by molar-refractivity contribution is 8.13. The van der Waals surface area contributed by atoms with Crippen molar-refractivity contribution in [2.75, 3.05) is 0 Å². The van der Waals surface area contributed by atoms with E-state index in [1.54, 1.807) is 66.2 Å². The van der Waals surface area contributed by atoms with Crippen LogP contribution in [0.15, 0.2) is 89.1 Å². The fourth-order valence-corrected chi connectivity index (χ4v) is 3.17. The van der Waals surface area contributed by atoms with Crippen LogP contribution in [0, 0.1) is 0 Å². The van der Waals surface area contributed by atoms with Crippen LogP contribution >= 0.6 is 11.8 Å². The van der Waals surface area contributed by atoms with E-state index in [0.29, 0.717) is 16.8 Å². The molecule has 1 unspecified atom stereocenters. The normalized spacial score (nSPS) is 17.6. The summed E-state index contributed by atoms with van der Waals surface area (Å²) < 4.78 is 16.5. The van der Waals surface area contributed by atoms with Gasteiger partial charge in [-0.3, -0.25) is 0 Å². The number of fused-ring (bicyclic) bond motifs is 1. The fraction of sp³-hybridized carbons (Fsp3) is 0.0500. The lowest BCUT2D eigenvalue weighted by Gasteiger charge is -2.21. The average Bonchev–Trinajstić information content (AvgIpc) is 3.20. The largest absolute Gasteiger partial charge is 0.476 e. The molecule has 2 aliphatic rings. The third-order valence-electron chi connectivity index (χ3n) is 3.77. The fourth-order valence-electron chi connectivity index (χ4n) is 2.47. The Morgan fingerprint density at radius 1 is 0.889 bits per heavy atom. The molecule has 0 saturated carbocycles. The number of carbonyl (C=O) groups excluding carboxylic acids is 2. The highest BCUT2D eigenvalue weighted by atomic mass is 32.2. The van der Waals surface area contributed by atoms with Gasteiger partial charge in [-0.15, -0.1) is 0 Å². The lowest BCUT2D eigenvalue weighted by Crippen LogP contribution is -2.20. The maximum absolute atomic E-state index is 12.5. The first kappa shape index (κ1) is 17.1. The molecule has 2 heterocycles. The third-order valence-corrected chi connectivity index (χ3v) is 4.58. The third kappa shape index (κ3) is 3.63. The summed E-state index contributed by atoms with van der Waals surface area (Å²) in [7, 11) is 0. The van der Waals surface area contributed by atoms with Gasteiger partial charge in [-0.2, -0.15) is 0 Å². The Kier molecular flexibility index (Phi) is 4.76.